The van der Waals surface area contributed by atoms with Gasteiger partial charge < -0.3 is 15.0 Å². The number of nitrogens with one attached hydrogen (secondary N) is 3. The molecule has 0 saturated carbocycles. The average Bonchev–Trinajstić information content (AvgIpc) is 3.37. The number of aromatic amines is 2. The van der Waals surface area contributed by atoms with Crippen LogP contribution in [0.2, 0.25) is 0 Å². The molecule has 0 fully saturated rings. The molecule has 2 aromatic heterocycles. The molecule has 1 atom stereocenters. The predicted molar refractivity (Wildman–Crippen MR) is 105 cm³/mol. The number of aromatic nitrogens is 3. The van der Waals surface area contributed by atoms with Gasteiger partial charge in [-0.05, 0) is 42.3 Å². The fourth-order valence-electron chi connectivity index (χ4n) is 3.11. The Morgan fingerprint density at radius 3 is 2.81 bits per heavy atom. The number of hydrogen-bond donors (Lipinski definition) is 3. The van der Waals surface area contributed by atoms with Crippen LogP contribution in [0, 0.1) is 0 Å². The lowest BCUT2D eigenvalue weighted by molar-refractivity contribution is 0.0935. The van der Waals surface area contributed by atoms with Crippen LogP contribution in [-0.2, 0) is 0 Å². The van der Waals surface area contributed by atoms with Crippen LogP contribution in [-0.4, -0.2) is 28.2 Å². The molecule has 2 aromatic carbocycles. The topological polar surface area (TPSA) is 82.8 Å². The first-order valence-electron chi connectivity index (χ1n) is 8.71. The molecule has 27 heavy (non-hydrogen) atoms. The number of H-pyrrole nitrogens is 2. The van der Waals surface area contributed by atoms with Crippen molar-refractivity contribution < 1.29 is 9.53 Å². The second-order valence-corrected chi connectivity index (χ2v) is 6.44. The highest BCUT2D eigenvalue weighted by atomic mass is 16.5. The van der Waals surface area contributed by atoms with Crippen LogP contribution < -0.4 is 10.1 Å². The maximum absolute atomic E-state index is 12.7. The van der Waals surface area contributed by atoms with Gasteiger partial charge in [0.2, 0.25) is 0 Å². The third kappa shape index (κ3) is 3.42. The van der Waals surface area contributed by atoms with Gasteiger partial charge >= 0.3 is 0 Å². The molecule has 0 spiro atoms. The normalized spacial score (nSPS) is 12.1. The minimum Gasteiger partial charge on any atom is -0.497 e. The summed E-state index contributed by atoms with van der Waals surface area (Å²) < 4.78 is 5.25. The molecule has 6 heteroatoms. The lowest BCUT2D eigenvalue weighted by Crippen LogP contribution is -2.26. The molecule has 2 heterocycles. The van der Waals surface area contributed by atoms with E-state index in [1.54, 1.807) is 13.3 Å². The zero-order valence-electron chi connectivity index (χ0n) is 15.1. The predicted octanol–water partition coefficient (Wildman–Crippen LogP) is 4.06. The summed E-state index contributed by atoms with van der Waals surface area (Å²) in [7, 11) is 1.63. The maximum Gasteiger partial charge on any atom is 0.268 e. The van der Waals surface area contributed by atoms with Gasteiger partial charge in [-0.3, -0.25) is 9.89 Å². The van der Waals surface area contributed by atoms with Gasteiger partial charge in [-0.2, -0.15) is 5.10 Å². The minimum absolute atomic E-state index is 0.138. The first-order valence-corrected chi connectivity index (χ1v) is 8.71. The Bertz CT molecular complexity index is 1080. The molecule has 4 rings (SSSR count). The number of rotatable bonds is 5. The number of carbonyl (C=O) groups excluding carboxylic acids is 1. The average molecular weight is 360 g/mol. The van der Waals surface area contributed by atoms with Crippen molar-refractivity contribution in [2.75, 3.05) is 7.11 Å². The molecule has 0 aliphatic carbocycles. The summed E-state index contributed by atoms with van der Waals surface area (Å²) in [5, 5.41) is 10.8. The van der Waals surface area contributed by atoms with Crippen molar-refractivity contribution in [3.05, 3.63) is 72.2 Å². The molecule has 1 amide bonds. The van der Waals surface area contributed by atoms with E-state index >= 15 is 0 Å². The number of amides is 1. The Labute approximate surface area is 156 Å². The second-order valence-electron chi connectivity index (χ2n) is 6.44. The highest BCUT2D eigenvalue weighted by molar-refractivity contribution is 5.99. The Morgan fingerprint density at radius 1 is 1.15 bits per heavy atom. The van der Waals surface area contributed by atoms with Crippen molar-refractivity contribution in [2.45, 2.75) is 13.0 Å². The summed E-state index contributed by atoms with van der Waals surface area (Å²) in [6.07, 6.45) is 3.61. The van der Waals surface area contributed by atoms with Crippen molar-refractivity contribution >= 4 is 16.8 Å². The molecular formula is C21H20N4O2. The molecule has 0 aliphatic heterocycles. The highest BCUT2D eigenvalue weighted by Crippen LogP contribution is 2.24. The van der Waals surface area contributed by atoms with E-state index in [1.807, 2.05) is 61.7 Å². The standard InChI is InChI=1S/C21H20N4O2/c1-13(14-4-3-5-18(8-14)27-2)24-21(26)20-10-16-7-6-15(9-19(16)25-20)17-11-22-23-12-17/h3-13,25H,1-2H3,(H,22,23)(H,24,26)/t13-/m1/s1. The summed E-state index contributed by atoms with van der Waals surface area (Å²) in [4.78, 5) is 15.9. The monoisotopic (exact) mass is 360 g/mol. The number of ether oxygens (including phenoxy) is 1. The summed E-state index contributed by atoms with van der Waals surface area (Å²) in [6, 6.07) is 15.4. The van der Waals surface area contributed by atoms with Crippen molar-refractivity contribution in [3.8, 4) is 16.9 Å². The summed E-state index contributed by atoms with van der Waals surface area (Å²) in [5.41, 5.74) is 4.47. The SMILES string of the molecule is COc1cccc([C@@H](C)NC(=O)c2cc3ccc(-c4cn[nH]c4)cc3[nH]2)c1. The van der Waals surface area contributed by atoms with E-state index in [0.717, 1.165) is 33.3 Å². The number of fused-ring (bicyclic) bond motifs is 1. The molecule has 3 N–H and O–H groups in total. The Hall–Kier alpha value is -3.54. The summed E-state index contributed by atoms with van der Waals surface area (Å²) >= 11 is 0. The molecule has 136 valence electrons. The lowest BCUT2D eigenvalue weighted by atomic mass is 10.1. The van der Waals surface area contributed by atoms with Gasteiger partial charge in [0.05, 0.1) is 19.3 Å². The van der Waals surface area contributed by atoms with Crippen LogP contribution in [0.25, 0.3) is 22.0 Å². The smallest absolute Gasteiger partial charge is 0.268 e. The first-order chi connectivity index (χ1) is 13.1. The number of nitrogens with zero attached hydrogens (tertiary/aromatic N) is 1. The third-order valence-corrected chi connectivity index (χ3v) is 4.64. The first kappa shape index (κ1) is 16.9. The largest absolute Gasteiger partial charge is 0.497 e. The van der Waals surface area contributed by atoms with Crippen LogP contribution in [0.1, 0.15) is 29.0 Å². The van der Waals surface area contributed by atoms with Gasteiger partial charge in [0.15, 0.2) is 0 Å². The molecular weight excluding hydrogens is 340 g/mol. The van der Waals surface area contributed by atoms with Crippen LogP contribution in [0.5, 0.6) is 5.75 Å². The molecule has 4 aromatic rings. The minimum atomic E-state index is -0.147. The lowest BCUT2D eigenvalue weighted by Gasteiger charge is -2.14. The van der Waals surface area contributed by atoms with Crippen LogP contribution in [0.15, 0.2) is 60.9 Å². The third-order valence-electron chi connectivity index (χ3n) is 4.64. The van der Waals surface area contributed by atoms with Crippen LogP contribution >= 0.6 is 0 Å². The van der Waals surface area contributed by atoms with Gasteiger partial charge in [-0.25, -0.2) is 0 Å². The maximum atomic E-state index is 12.7. The van der Waals surface area contributed by atoms with E-state index < -0.39 is 0 Å². The summed E-state index contributed by atoms with van der Waals surface area (Å²) in [5.74, 6) is 0.623. The van der Waals surface area contributed by atoms with E-state index in [4.69, 9.17) is 4.74 Å². The second kappa shape index (κ2) is 6.99. The van der Waals surface area contributed by atoms with Gasteiger partial charge in [0, 0.05) is 22.7 Å². The van der Waals surface area contributed by atoms with E-state index in [-0.39, 0.29) is 11.9 Å². The Kier molecular flexibility index (Phi) is 4.38. The molecule has 0 unspecified atom stereocenters. The quantitative estimate of drug-likeness (QED) is 0.502. The van der Waals surface area contributed by atoms with Gasteiger partial charge in [0.25, 0.3) is 5.91 Å². The van der Waals surface area contributed by atoms with E-state index in [0.29, 0.717) is 5.69 Å². The fourth-order valence-corrected chi connectivity index (χ4v) is 3.11. The Morgan fingerprint density at radius 2 is 2.04 bits per heavy atom. The number of methoxy groups -OCH3 is 1. The summed E-state index contributed by atoms with van der Waals surface area (Å²) in [6.45, 7) is 1.95. The van der Waals surface area contributed by atoms with Crippen LogP contribution in [0.3, 0.4) is 0 Å². The molecule has 0 aliphatic rings. The van der Waals surface area contributed by atoms with Crippen molar-refractivity contribution in [3.63, 3.8) is 0 Å². The Balaban J connectivity index is 1.55. The number of carbonyl (C=O) groups is 1. The van der Waals surface area contributed by atoms with Gasteiger partial charge in [-0.15, -0.1) is 0 Å². The number of hydrogen-bond acceptors (Lipinski definition) is 3. The van der Waals surface area contributed by atoms with E-state index in [2.05, 4.69) is 20.5 Å². The zero-order chi connectivity index (χ0) is 18.8. The fraction of sp³-hybridized carbons (Fsp3) is 0.143. The van der Waals surface area contributed by atoms with Crippen LogP contribution in [0.4, 0.5) is 0 Å². The van der Waals surface area contributed by atoms with E-state index in [9.17, 15) is 4.79 Å². The molecule has 0 radical (unpaired) electrons. The van der Waals surface area contributed by atoms with Crippen molar-refractivity contribution in [1.29, 1.82) is 0 Å². The van der Waals surface area contributed by atoms with Crippen molar-refractivity contribution in [2.24, 2.45) is 0 Å². The van der Waals surface area contributed by atoms with E-state index in [1.165, 1.54) is 0 Å². The number of benzene rings is 2. The molecule has 0 bridgehead atoms. The zero-order valence-corrected chi connectivity index (χ0v) is 15.1. The van der Waals surface area contributed by atoms with Crippen molar-refractivity contribution in [1.82, 2.24) is 20.5 Å². The highest BCUT2D eigenvalue weighted by Gasteiger charge is 2.14. The van der Waals surface area contributed by atoms with Gasteiger partial charge in [-0.1, -0.05) is 24.3 Å². The molecule has 0 saturated heterocycles. The van der Waals surface area contributed by atoms with Gasteiger partial charge in [0.1, 0.15) is 11.4 Å². The molecule has 6 nitrogen and oxygen atoms in total.